The first-order valence-corrected chi connectivity index (χ1v) is 8.95. The van der Waals surface area contributed by atoms with Crippen molar-refractivity contribution in [2.45, 2.75) is 26.2 Å². The number of hydrogen-bond acceptors (Lipinski definition) is 6. The molecule has 6 nitrogen and oxygen atoms in total. The van der Waals surface area contributed by atoms with E-state index in [4.69, 9.17) is 25.7 Å². The van der Waals surface area contributed by atoms with Crippen LogP contribution in [0, 0.1) is 11.3 Å². The predicted octanol–water partition coefficient (Wildman–Crippen LogP) is 3.67. The summed E-state index contributed by atoms with van der Waals surface area (Å²) < 4.78 is 17.2. The van der Waals surface area contributed by atoms with Crippen LogP contribution < -0.4 is 25.7 Å². The van der Waals surface area contributed by atoms with Gasteiger partial charge in [-0.05, 0) is 37.1 Å². The normalized spacial score (nSPS) is 15.5. The summed E-state index contributed by atoms with van der Waals surface area (Å²) in [5.74, 6) is 1.61. The lowest BCUT2D eigenvalue weighted by atomic mass is 9.83. The van der Waals surface area contributed by atoms with Crippen LogP contribution in [-0.4, -0.2) is 13.2 Å². The van der Waals surface area contributed by atoms with E-state index in [0.29, 0.717) is 41.7 Å². The number of hydrogen-bond donors (Lipinski definition) is 2. The summed E-state index contributed by atoms with van der Waals surface area (Å²) in [6.45, 7) is 5.08. The van der Waals surface area contributed by atoms with Crippen LogP contribution in [0.25, 0.3) is 0 Å². The van der Waals surface area contributed by atoms with E-state index in [1.165, 1.54) is 0 Å². The van der Waals surface area contributed by atoms with E-state index in [2.05, 4.69) is 6.07 Å². The lowest BCUT2D eigenvalue weighted by molar-refractivity contribution is 0.276. The topological polar surface area (TPSA) is 104 Å². The van der Waals surface area contributed by atoms with E-state index in [1.807, 2.05) is 38.1 Å². The zero-order valence-corrected chi connectivity index (χ0v) is 15.5. The molecule has 2 aromatic rings. The van der Waals surface area contributed by atoms with Crippen molar-refractivity contribution in [3.05, 3.63) is 59.0 Å². The highest BCUT2D eigenvalue weighted by atomic mass is 16.5. The molecule has 0 saturated heterocycles. The SMILES string of the molecule is CCCOc1ccc(C2C(C#N)=C(N)Oc3cc(N)ccc32)cc1OCC. The number of benzene rings is 2. The van der Waals surface area contributed by atoms with Gasteiger partial charge in [0.2, 0.25) is 5.88 Å². The third-order valence-electron chi connectivity index (χ3n) is 4.31. The van der Waals surface area contributed by atoms with Crippen molar-refractivity contribution in [2.24, 2.45) is 5.73 Å². The Hall–Kier alpha value is -3.33. The molecule has 3 rings (SSSR count). The van der Waals surface area contributed by atoms with Crippen molar-refractivity contribution in [3.63, 3.8) is 0 Å². The van der Waals surface area contributed by atoms with Gasteiger partial charge in [-0.2, -0.15) is 5.26 Å². The molecule has 140 valence electrons. The second kappa shape index (κ2) is 7.92. The minimum Gasteiger partial charge on any atom is -0.490 e. The van der Waals surface area contributed by atoms with Crippen LogP contribution in [0.2, 0.25) is 0 Å². The summed E-state index contributed by atoms with van der Waals surface area (Å²) in [5.41, 5.74) is 14.5. The first-order valence-electron chi connectivity index (χ1n) is 8.95. The number of anilines is 1. The molecule has 2 aromatic carbocycles. The molecule has 6 heteroatoms. The molecule has 1 aliphatic heterocycles. The smallest absolute Gasteiger partial charge is 0.205 e. The number of nitriles is 1. The monoisotopic (exact) mass is 365 g/mol. The molecule has 0 aromatic heterocycles. The highest BCUT2D eigenvalue weighted by Crippen LogP contribution is 2.44. The van der Waals surface area contributed by atoms with E-state index in [-0.39, 0.29) is 11.8 Å². The molecule has 0 spiro atoms. The number of nitrogens with zero attached hydrogens (tertiary/aromatic N) is 1. The Labute approximate surface area is 158 Å². The Kier molecular flexibility index (Phi) is 5.41. The van der Waals surface area contributed by atoms with Gasteiger partial charge >= 0.3 is 0 Å². The predicted molar refractivity (Wildman–Crippen MR) is 104 cm³/mol. The van der Waals surface area contributed by atoms with E-state index in [0.717, 1.165) is 17.5 Å². The number of allylic oxidation sites excluding steroid dienone is 1. The van der Waals surface area contributed by atoms with Crippen molar-refractivity contribution in [1.29, 1.82) is 5.26 Å². The molecule has 1 aliphatic rings. The average molecular weight is 365 g/mol. The zero-order valence-electron chi connectivity index (χ0n) is 15.5. The average Bonchev–Trinajstić information content (AvgIpc) is 2.66. The quantitative estimate of drug-likeness (QED) is 0.757. The molecular weight excluding hydrogens is 342 g/mol. The van der Waals surface area contributed by atoms with Gasteiger partial charge < -0.3 is 25.7 Å². The van der Waals surface area contributed by atoms with E-state index in [9.17, 15) is 5.26 Å². The molecule has 0 fully saturated rings. The summed E-state index contributed by atoms with van der Waals surface area (Å²) >= 11 is 0. The highest BCUT2D eigenvalue weighted by Gasteiger charge is 2.31. The third kappa shape index (κ3) is 3.63. The van der Waals surface area contributed by atoms with E-state index >= 15 is 0 Å². The maximum atomic E-state index is 9.67. The van der Waals surface area contributed by atoms with Gasteiger partial charge in [0.05, 0.1) is 19.1 Å². The highest BCUT2D eigenvalue weighted by molar-refractivity contribution is 5.60. The number of rotatable bonds is 6. The van der Waals surface area contributed by atoms with Crippen LogP contribution in [-0.2, 0) is 0 Å². The van der Waals surface area contributed by atoms with E-state index in [1.54, 1.807) is 12.1 Å². The first-order chi connectivity index (χ1) is 13.1. The number of nitrogen functional groups attached to an aromatic ring is 1. The second-order valence-corrected chi connectivity index (χ2v) is 6.21. The van der Waals surface area contributed by atoms with Gasteiger partial charge in [0.25, 0.3) is 0 Å². The Morgan fingerprint density at radius 2 is 1.89 bits per heavy atom. The Morgan fingerprint density at radius 1 is 1.07 bits per heavy atom. The lowest BCUT2D eigenvalue weighted by Gasteiger charge is -2.27. The van der Waals surface area contributed by atoms with Crippen molar-refractivity contribution in [1.82, 2.24) is 0 Å². The van der Waals surface area contributed by atoms with Crippen LogP contribution in [0.4, 0.5) is 5.69 Å². The van der Waals surface area contributed by atoms with Crippen LogP contribution in [0.15, 0.2) is 47.9 Å². The maximum absolute atomic E-state index is 9.67. The minimum atomic E-state index is -0.362. The van der Waals surface area contributed by atoms with Crippen LogP contribution in [0.5, 0.6) is 17.2 Å². The lowest BCUT2D eigenvalue weighted by Crippen LogP contribution is -2.21. The summed E-state index contributed by atoms with van der Waals surface area (Å²) in [7, 11) is 0. The number of ether oxygens (including phenoxy) is 3. The Morgan fingerprint density at radius 3 is 2.59 bits per heavy atom. The van der Waals surface area contributed by atoms with Gasteiger partial charge in [0, 0.05) is 17.3 Å². The third-order valence-corrected chi connectivity index (χ3v) is 4.31. The van der Waals surface area contributed by atoms with Crippen LogP contribution in [0.1, 0.15) is 37.3 Å². The molecule has 1 heterocycles. The molecule has 1 atom stereocenters. The van der Waals surface area contributed by atoms with Gasteiger partial charge in [-0.15, -0.1) is 0 Å². The first kappa shape index (κ1) is 18.5. The molecule has 0 amide bonds. The van der Waals surface area contributed by atoms with Gasteiger partial charge in [-0.3, -0.25) is 0 Å². The molecule has 1 unspecified atom stereocenters. The Balaban J connectivity index is 2.11. The van der Waals surface area contributed by atoms with Gasteiger partial charge in [0.15, 0.2) is 11.5 Å². The largest absolute Gasteiger partial charge is 0.490 e. The zero-order chi connectivity index (χ0) is 19.4. The van der Waals surface area contributed by atoms with E-state index < -0.39 is 0 Å². The molecule has 0 bridgehead atoms. The van der Waals surface area contributed by atoms with Crippen molar-refractivity contribution in [2.75, 3.05) is 18.9 Å². The fourth-order valence-electron chi connectivity index (χ4n) is 3.12. The summed E-state index contributed by atoms with van der Waals surface area (Å²) in [4.78, 5) is 0. The maximum Gasteiger partial charge on any atom is 0.205 e. The van der Waals surface area contributed by atoms with Crippen LogP contribution in [0.3, 0.4) is 0 Å². The summed E-state index contributed by atoms with van der Waals surface area (Å²) in [6.07, 6.45) is 0.903. The van der Waals surface area contributed by atoms with Crippen molar-refractivity contribution in [3.8, 4) is 23.3 Å². The van der Waals surface area contributed by atoms with Crippen molar-refractivity contribution < 1.29 is 14.2 Å². The van der Waals surface area contributed by atoms with Gasteiger partial charge in [-0.25, -0.2) is 0 Å². The summed E-state index contributed by atoms with van der Waals surface area (Å²) in [5, 5.41) is 9.67. The second-order valence-electron chi connectivity index (χ2n) is 6.21. The molecule has 0 radical (unpaired) electrons. The standard InChI is InChI=1S/C21H23N3O3/c1-3-9-26-17-8-5-13(10-19(17)25-4-2)20-15-7-6-14(23)11-18(15)27-21(24)16(20)12-22/h5-8,10-11,20H,3-4,9,23-24H2,1-2H3. The fraction of sp³-hybridized carbons (Fsp3) is 0.286. The number of nitrogens with two attached hydrogens (primary N) is 2. The molecule has 0 saturated carbocycles. The van der Waals surface area contributed by atoms with Gasteiger partial charge in [-0.1, -0.05) is 19.1 Å². The minimum absolute atomic E-state index is 0.0878. The molecule has 4 N–H and O–H groups in total. The Bertz CT molecular complexity index is 915. The van der Waals surface area contributed by atoms with Gasteiger partial charge in [0.1, 0.15) is 17.4 Å². The fourth-order valence-corrected chi connectivity index (χ4v) is 3.12. The van der Waals surface area contributed by atoms with Crippen LogP contribution >= 0.6 is 0 Å². The van der Waals surface area contributed by atoms with Crippen molar-refractivity contribution >= 4 is 5.69 Å². The molecule has 27 heavy (non-hydrogen) atoms. The number of fused-ring (bicyclic) bond motifs is 1. The molecule has 0 aliphatic carbocycles. The summed E-state index contributed by atoms with van der Waals surface area (Å²) in [6, 6.07) is 13.2. The molecular formula is C21H23N3O3.